The van der Waals surface area contributed by atoms with E-state index in [9.17, 15) is 14.4 Å². The van der Waals surface area contributed by atoms with Crippen LogP contribution in [-0.2, 0) is 27.2 Å². The maximum absolute atomic E-state index is 12.3. The van der Waals surface area contributed by atoms with Crippen LogP contribution >= 0.6 is 11.3 Å². The van der Waals surface area contributed by atoms with Gasteiger partial charge in [0.15, 0.2) is 5.13 Å². The molecule has 8 heteroatoms. The Balaban J connectivity index is 1.49. The summed E-state index contributed by atoms with van der Waals surface area (Å²) >= 11 is 1.27. The summed E-state index contributed by atoms with van der Waals surface area (Å²) in [5.74, 6) is -0.806. The lowest BCUT2D eigenvalue weighted by molar-refractivity contribution is -0.116. The van der Waals surface area contributed by atoms with Gasteiger partial charge in [-0.2, -0.15) is 0 Å². The molecular formula is C22H21N3O4S. The lowest BCUT2D eigenvalue weighted by atomic mass is 10.1. The van der Waals surface area contributed by atoms with Gasteiger partial charge in [-0.05, 0) is 36.8 Å². The molecule has 154 valence electrons. The third-order valence-corrected chi connectivity index (χ3v) is 4.83. The average Bonchev–Trinajstić information content (AvgIpc) is 3.15. The fourth-order valence-corrected chi connectivity index (χ4v) is 3.39. The first kappa shape index (κ1) is 21.2. The normalized spacial score (nSPS) is 10.3. The average molecular weight is 423 g/mol. The van der Waals surface area contributed by atoms with Crippen LogP contribution in [0.3, 0.4) is 0 Å². The molecule has 3 rings (SSSR count). The van der Waals surface area contributed by atoms with Crippen LogP contribution in [0.25, 0.3) is 0 Å². The van der Waals surface area contributed by atoms with E-state index in [4.69, 9.17) is 4.74 Å². The summed E-state index contributed by atoms with van der Waals surface area (Å²) in [6, 6.07) is 15.9. The highest BCUT2D eigenvalue weighted by molar-refractivity contribution is 7.13. The van der Waals surface area contributed by atoms with Crippen molar-refractivity contribution in [2.45, 2.75) is 19.8 Å². The largest absolute Gasteiger partial charge is 0.462 e. The number of nitrogens with zero attached hydrogens (tertiary/aromatic N) is 1. The van der Waals surface area contributed by atoms with Crippen LogP contribution in [0.2, 0.25) is 0 Å². The van der Waals surface area contributed by atoms with Gasteiger partial charge in [-0.15, -0.1) is 11.3 Å². The van der Waals surface area contributed by atoms with Crippen LogP contribution in [0, 0.1) is 0 Å². The van der Waals surface area contributed by atoms with Gasteiger partial charge < -0.3 is 15.4 Å². The highest BCUT2D eigenvalue weighted by Crippen LogP contribution is 2.17. The number of amides is 2. The molecular weight excluding hydrogens is 402 g/mol. The van der Waals surface area contributed by atoms with Crippen LogP contribution in [0.15, 0.2) is 60.0 Å². The number of nitrogens with one attached hydrogen (secondary N) is 2. The predicted octanol–water partition coefficient (Wildman–Crippen LogP) is 3.68. The Morgan fingerprint density at radius 1 is 0.933 bits per heavy atom. The molecule has 7 nitrogen and oxygen atoms in total. The van der Waals surface area contributed by atoms with Gasteiger partial charge in [-0.3, -0.25) is 9.59 Å². The molecule has 3 aromatic rings. The van der Waals surface area contributed by atoms with E-state index in [1.807, 2.05) is 30.3 Å². The number of thiazole rings is 1. The van der Waals surface area contributed by atoms with E-state index in [0.717, 1.165) is 5.56 Å². The first-order valence-electron chi connectivity index (χ1n) is 9.38. The maximum atomic E-state index is 12.3. The molecule has 2 N–H and O–H groups in total. The molecule has 30 heavy (non-hydrogen) atoms. The number of benzene rings is 2. The van der Waals surface area contributed by atoms with Gasteiger partial charge in [0.1, 0.15) is 0 Å². The standard InChI is InChI=1S/C22H21N3O4S/c1-2-29-21(28)16-8-10-17(11-9-16)23-20(27)13-18-14-30-22(24-18)25-19(26)12-15-6-4-3-5-7-15/h3-11,14H,2,12-13H2,1H3,(H,23,27)(H,24,25,26). The number of esters is 1. The second-order valence-corrected chi connectivity index (χ2v) is 7.24. The van der Waals surface area contributed by atoms with Crippen molar-refractivity contribution >= 4 is 39.9 Å². The van der Waals surface area contributed by atoms with Crippen molar-refractivity contribution in [1.82, 2.24) is 4.98 Å². The molecule has 1 heterocycles. The molecule has 0 spiro atoms. The molecule has 1 aromatic heterocycles. The van der Waals surface area contributed by atoms with Gasteiger partial charge in [-0.25, -0.2) is 9.78 Å². The molecule has 0 saturated heterocycles. The van der Waals surface area contributed by atoms with Crippen molar-refractivity contribution in [3.05, 3.63) is 76.8 Å². The number of ether oxygens (including phenoxy) is 1. The Labute approximate surface area is 178 Å². The maximum Gasteiger partial charge on any atom is 0.338 e. The summed E-state index contributed by atoms with van der Waals surface area (Å²) < 4.78 is 4.93. The summed E-state index contributed by atoms with van der Waals surface area (Å²) in [7, 11) is 0. The summed E-state index contributed by atoms with van der Waals surface area (Å²) in [5, 5.41) is 7.71. The molecule has 0 unspecified atom stereocenters. The fraction of sp³-hybridized carbons (Fsp3) is 0.182. The zero-order valence-electron chi connectivity index (χ0n) is 16.4. The zero-order chi connectivity index (χ0) is 21.3. The Kier molecular flexibility index (Phi) is 7.29. The van der Waals surface area contributed by atoms with Crippen LogP contribution in [0.4, 0.5) is 10.8 Å². The number of hydrogen-bond donors (Lipinski definition) is 2. The number of rotatable bonds is 8. The molecule has 0 aliphatic rings. The number of aromatic nitrogens is 1. The van der Waals surface area contributed by atoms with E-state index in [1.165, 1.54) is 11.3 Å². The first-order chi connectivity index (χ1) is 14.5. The van der Waals surface area contributed by atoms with E-state index in [1.54, 1.807) is 36.6 Å². The number of hydrogen-bond acceptors (Lipinski definition) is 6. The lowest BCUT2D eigenvalue weighted by Gasteiger charge is -2.06. The summed E-state index contributed by atoms with van der Waals surface area (Å²) in [6.07, 6.45) is 0.336. The summed E-state index contributed by atoms with van der Waals surface area (Å²) in [4.78, 5) is 40.3. The minimum atomic E-state index is -0.403. The molecule has 0 atom stereocenters. The SMILES string of the molecule is CCOC(=O)c1ccc(NC(=O)Cc2csc(NC(=O)Cc3ccccc3)n2)cc1. The number of carbonyl (C=O) groups excluding carboxylic acids is 3. The minimum Gasteiger partial charge on any atom is -0.462 e. The Morgan fingerprint density at radius 3 is 2.33 bits per heavy atom. The fourth-order valence-electron chi connectivity index (χ4n) is 2.66. The van der Waals surface area contributed by atoms with Gasteiger partial charge in [0.2, 0.25) is 11.8 Å². The molecule has 2 amide bonds. The van der Waals surface area contributed by atoms with E-state index in [-0.39, 0.29) is 24.7 Å². The Morgan fingerprint density at radius 2 is 1.63 bits per heavy atom. The van der Waals surface area contributed by atoms with E-state index >= 15 is 0 Å². The third kappa shape index (κ3) is 6.25. The quantitative estimate of drug-likeness (QED) is 0.539. The van der Waals surface area contributed by atoms with E-state index < -0.39 is 5.97 Å². The minimum absolute atomic E-state index is 0.0741. The van der Waals surface area contributed by atoms with Gasteiger partial charge >= 0.3 is 5.97 Å². The van der Waals surface area contributed by atoms with Gasteiger partial charge in [0, 0.05) is 11.1 Å². The second kappa shape index (κ2) is 10.3. The first-order valence-corrected chi connectivity index (χ1v) is 10.3. The van der Waals surface area contributed by atoms with Crippen LogP contribution in [0.1, 0.15) is 28.5 Å². The Hall–Kier alpha value is -3.52. The monoisotopic (exact) mass is 423 g/mol. The lowest BCUT2D eigenvalue weighted by Crippen LogP contribution is -2.16. The van der Waals surface area contributed by atoms with Crippen molar-refractivity contribution in [3.63, 3.8) is 0 Å². The van der Waals surface area contributed by atoms with Crippen LogP contribution in [0.5, 0.6) is 0 Å². The second-order valence-electron chi connectivity index (χ2n) is 6.38. The highest BCUT2D eigenvalue weighted by atomic mass is 32.1. The molecule has 0 aliphatic carbocycles. The smallest absolute Gasteiger partial charge is 0.338 e. The van der Waals surface area contributed by atoms with Crippen molar-refractivity contribution in [2.75, 3.05) is 17.2 Å². The van der Waals surface area contributed by atoms with Crippen LogP contribution < -0.4 is 10.6 Å². The Bertz CT molecular complexity index is 1020. The molecule has 0 bridgehead atoms. The van der Waals surface area contributed by atoms with Gasteiger partial charge in [0.25, 0.3) is 0 Å². The molecule has 0 aliphatic heterocycles. The topological polar surface area (TPSA) is 97.4 Å². The van der Waals surface area contributed by atoms with Gasteiger partial charge in [0.05, 0.1) is 30.7 Å². The zero-order valence-corrected chi connectivity index (χ0v) is 17.2. The van der Waals surface area contributed by atoms with Crippen molar-refractivity contribution in [1.29, 1.82) is 0 Å². The van der Waals surface area contributed by atoms with Gasteiger partial charge in [-0.1, -0.05) is 30.3 Å². The summed E-state index contributed by atoms with van der Waals surface area (Å²) in [5.41, 5.74) is 2.47. The molecule has 0 fully saturated rings. The highest BCUT2D eigenvalue weighted by Gasteiger charge is 2.11. The van der Waals surface area contributed by atoms with Crippen molar-refractivity contribution in [3.8, 4) is 0 Å². The molecule has 0 radical (unpaired) electrons. The van der Waals surface area contributed by atoms with E-state index in [2.05, 4.69) is 15.6 Å². The van der Waals surface area contributed by atoms with Crippen molar-refractivity contribution < 1.29 is 19.1 Å². The summed E-state index contributed by atoms with van der Waals surface area (Å²) in [6.45, 7) is 2.05. The number of carbonyl (C=O) groups is 3. The van der Waals surface area contributed by atoms with Crippen molar-refractivity contribution in [2.24, 2.45) is 0 Å². The predicted molar refractivity (Wildman–Crippen MR) is 116 cm³/mol. The molecule has 0 saturated carbocycles. The number of anilines is 2. The van der Waals surface area contributed by atoms with E-state index in [0.29, 0.717) is 28.7 Å². The van der Waals surface area contributed by atoms with Crippen LogP contribution in [-0.4, -0.2) is 29.4 Å². The third-order valence-electron chi connectivity index (χ3n) is 4.03. The molecule has 2 aromatic carbocycles.